The molecule has 0 fully saturated rings. The van der Waals surface area contributed by atoms with Gasteiger partial charge in [0.15, 0.2) is 0 Å². The van der Waals surface area contributed by atoms with Crippen molar-refractivity contribution in [1.29, 1.82) is 0 Å². The maximum atomic E-state index is 9.21. The van der Waals surface area contributed by atoms with Gasteiger partial charge in [-0.1, -0.05) is 42.5 Å². The minimum atomic E-state index is 0.0964. The molecule has 2 aromatic carbocycles. The fourth-order valence-corrected chi connectivity index (χ4v) is 2.16. The third-order valence-electron chi connectivity index (χ3n) is 3.21. The second kappa shape index (κ2) is 5.34. The molecule has 0 saturated carbocycles. The Morgan fingerprint density at radius 1 is 0.889 bits per heavy atom. The van der Waals surface area contributed by atoms with Crippen molar-refractivity contribution in [1.82, 2.24) is 4.48 Å². The second-order valence-corrected chi connectivity index (χ2v) is 5.16. The number of quaternary nitrogens is 1. The molecule has 2 nitrogen and oxygen atoms in total. The van der Waals surface area contributed by atoms with Crippen molar-refractivity contribution in [3.8, 4) is 0 Å². The standard InChI is InChI=1S/C16H20NO/c1-17(2,12-14-7-4-3-5-8-14)16-10-6-9-15(11-16)13-18/h3-11,18H,12-13H2,1-2H3/q+1. The minimum Gasteiger partial charge on any atom is -0.392 e. The van der Waals surface area contributed by atoms with E-state index >= 15 is 0 Å². The van der Waals surface area contributed by atoms with Crippen LogP contribution in [0.25, 0.3) is 0 Å². The molecule has 0 atom stereocenters. The lowest BCUT2D eigenvalue weighted by molar-refractivity contribution is 0.281. The highest BCUT2D eigenvalue weighted by molar-refractivity contribution is 5.44. The van der Waals surface area contributed by atoms with Crippen molar-refractivity contribution >= 4 is 5.69 Å². The first-order valence-corrected chi connectivity index (χ1v) is 6.19. The van der Waals surface area contributed by atoms with Crippen molar-refractivity contribution in [3.63, 3.8) is 0 Å². The van der Waals surface area contributed by atoms with Crippen LogP contribution in [0.15, 0.2) is 54.6 Å². The van der Waals surface area contributed by atoms with Crippen molar-refractivity contribution in [2.45, 2.75) is 13.2 Å². The third-order valence-corrected chi connectivity index (χ3v) is 3.21. The van der Waals surface area contributed by atoms with Gasteiger partial charge in [-0.05, 0) is 11.6 Å². The van der Waals surface area contributed by atoms with E-state index in [1.165, 1.54) is 11.3 Å². The molecule has 18 heavy (non-hydrogen) atoms. The van der Waals surface area contributed by atoms with Crippen molar-refractivity contribution in [2.75, 3.05) is 14.1 Å². The van der Waals surface area contributed by atoms with Gasteiger partial charge in [0.05, 0.1) is 20.7 Å². The minimum absolute atomic E-state index is 0.0964. The lowest BCUT2D eigenvalue weighted by Crippen LogP contribution is -2.39. The zero-order valence-electron chi connectivity index (χ0n) is 11.0. The zero-order chi connectivity index (χ0) is 13.0. The normalized spacial score (nSPS) is 11.5. The van der Waals surface area contributed by atoms with E-state index in [4.69, 9.17) is 0 Å². The number of hydrogen-bond acceptors (Lipinski definition) is 1. The Bertz CT molecular complexity index is 506. The van der Waals surface area contributed by atoms with Gasteiger partial charge in [-0.3, -0.25) is 4.48 Å². The molecule has 0 radical (unpaired) electrons. The Kier molecular flexibility index (Phi) is 3.80. The summed E-state index contributed by atoms with van der Waals surface area (Å²) in [6, 6.07) is 18.6. The number of hydrogen-bond donors (Lipinski definition) is 1. The van der Waals surface area contributed by atoms with Gasteiger partial charge in [0.2, 0.25) is 0 Å². The lowest BCUT2D eigenvalue weighted by atomic mass is 10.1. The summed E-state index contributed by atoms with van der Waals surface area (Å²) < 4.78 is 0.776. The molecule has 0 aliphatic rings. The van der Waals surface area contributed by atoms with Crippen LogP contribution in [-0.4, -0.2) is 19.2 Å². The number of rotatable bonds is 4. The average molecular weight is 242 g/mol. The van der Waals surface area contributed by atoms with E-state index in [0.717, 1.165) is 16.6 Å². The fraction of sp³-hybridized carbons (Fsp3) is 0.250. The maximum absolute atomic E-state index is 9.21. The molecule has 0 heterocycles. The fourth-order valence-electron chi connectivity index (χ4n) is 2.16. The zero-order valence-corrected chi connectivity index (χ0v) is 11.0. The largest absolute Gasteiger partial charge is 0.392 e. The number of nitrogens with zero attached hydrogens (tertiary/aromatic N) is 1. The van der Waals surface area contributed by atoms with Crippen LogP contribution in [0.4, 0.5) is 5.69 Å². The Hall–Kier alpha value is -1.64. The predicted octanol–water partition coefficient (Wildman–Crippen LogP) is 2.95. The van der Waals surface area contributed by atoms with Gasteiger partial charge >= 0.3 is 0 Å². The van der Waals surface area contributed by atoms with Gasteiger partial charge in [0.25, 0.3) is 0 Å². The van der Waals surface area contributed by atoms with Crippen LogP contribution >= 0.6 is 0 Å². The molecule has 2 rings (SSSR count). The first kappa shape index (κ1) is 12.8. The van der Waals surface area contributed by atoms with Crippen molar-refractivity contribution in [3.05, 3.63) is 65.7 Å². The SMILES string of the molecule is C[N+](C)(Cc1ccccc1)c1cccc(CO)c1. The molecule has 0 spiro atoms. The summed E-state index contributed by atoms with van der Waals surface area (Å²) in [5, 5.41) is 9.21. The summed E-state index contributed by atoms with van der Waals surface area (Å²) in [5.74, 6) is 0. The Morgan fingerprint density at radius 2 is 1.56 bits per heavy atom. The summed E-state index contributed by atoms with van der Waals surface area (Å²) in [4.78, 5) is 0. The van der Waals surface area contributed by atoms with Gasteiger partial charge in [0, 0.05) is 11.6 Å². The third kappa shape index (κ3) is 2.97. The van der Waals surface area contributed by atoms with E-state index in [-0.39, 0.29) is 6.61 Å². The molecule has 0 aromatic heterocycles. The predicted molar refractivity (Wildman–Crippen MR) is 76.2 cm³/mol. The van der Waals surface area contributed by atoms with E-state index in [1.54, 1.807) is 0 Å². The van der Waals surface area contributed by atoms with E-state index < -0.39 is 0 Å². The molecule has 0 amide bonds. The van der Waals surface area contributed by atoms with Crippen LogP contribution in [0.2, 0.25) is 0 Å². The van der Waals surface area contributed by atoms with Crippen LogP contribution in [0.5, 0.6) is 0 Å². The first-order valence-electron chi connectivity index (χ1n) is 6.19. The summed E-state index contributed by atoms with van der Waals surface area (Å²) in [5.41, 5.74) is 3.49. The second-order valence-electron chi connectivity index (χ2n) is 5.16. The summed E-state index contributed by atoms with van der Waals surface area (Å²) in [7, 11) is 4.37. The van der Waals surface area contributed by atoms with Crippen LogP contribution in [0.1, 0.15) is 11.1 Å². The Balaban J connectivity index is 2.24. The Labute approximate surface area is 109 Å². The number of aliphatic hydroxyl groups excluding tert-OH is 1. The molecular formula is C16H20NO+. The smallest absolute Gasteiger partial charge is 0.133 e. The van der Waals surface area contributed by atoms with Crippen LogP contribution in [-0.2, 0) is 13.2 Å². The molecule has 0 aliphatic carbocycles. The summed E-state index contributed by atoms with van der Waals surface area (Å²) >= 11 is 0. The molecule has 1 N–H and O–H groups in total. The molecular weight excluding hydrogens is 222 g/mol. The van der Waals surface area contributed by atoms with Crippen molar-refractivity contribution in [2.24, 2.45) is 0 Å². The highest BCUT2D eigenvalue weighted by Crippen LogP contribution is 2.23. The topological polar surface area (TPSA) is 20.2 Å². The Morgan fingerprint density at radius 3 is 2.22 bits per heavy atom. The van der Waals surface area contributed by atoms with Gasteiger partial charge in [-0.25, -0.2) is 0 Å². The monoisotopic (exact) mass is 242 g/mol. The summed E-state index contributed by atoms with van der Waals surface area (Å²) in [6.45, 7) is 1.04. The quantitative estimate of drug-likeness (QED) is 0.817. The van der Waals surface area contributed by atoms with Gasteiger partial charge in [0.1, 0.15) is 12.2 Å². The van der Waals surface area contributed by atoms with Gasteiger partial charge in [-0.15, -0.1) is 0 Å². The molecule has 0 saturated heterocycles. The first-order chi connectivity index (χ1) is 8.62. The molecule has 2 aromatic rings. The maximum Gasteiger partial charge on any atom is 0.133 e. The van der Waals surface area contributed by atoms with Gasteiger partial charge < -0.3 is 5.11 Å². The number of aliphatic hydroxyl groups is 1. The van der Waals surface area contributed by atoms with Crippen LogP contribution < -0.4 is 4.48 Å². The molecule has 0 unspecified atom stereocenters. The van der Waals surface area contributed by atoms with Crippen LogP contribution in [0.3, 0.4) is 0 Å². The van der Waals surface area contributed by atoms with Gasteiger partial charge in [-0.2, -0.15) is 0 Å². The molecule has 2 heteroatoms. The molecule has 0 bridgehead atoms. The average Bonchev–Trinajstić information content (AvgIpc) is 2.39. The summed E-state index contributed by atoms with van der Waals surface area (Å²) in [6.07, 6.45) is 0. The highest BCUT2D eigenvalue weighted by atomic mass is 16.3. The molecule has 0 aliphatic heterocycles. The van der Waals surface area contributed by atoms with E-state index in [1.807, 2.05) is 18.2 Å². The number of benzene rings is 2. The van der Waals surface area contributed by atoms with Crippen LogP contribution in [0, 0.1) is 0 Å². The molecule has 94 valence electrons. The lowest BCUT2D eigenvalue weighted by Gasteiger charge is -2.29. The van der Waals surface area contributed by atoms with E-state index in [0.29, 0.717) is 0 Å². The van der Waals surface area contributed by atoms with Crippen molar-refractivity contribution < 1.29 is 5.11 Å². The van der Waals surface area contributed by atoms with E-state index in [9.17, 15) is 5.11 Å². The highest BCUT2D eigenvalue weighted by Gasteiger charge is 2.19. The van der Waals surface area contributed by atoms with E-state index in [2.05, 4.69) is 50.5 Å².